The molecule has 106 valence electrons. The third kappa shape index (κ3) is 5.88. The fourth-order valence-corrected chi connectivity index (χ4v) is 1.90. The molecule has 0 saturated heterocycles. The summed E-state index contributed by atoms with van der Waals surface area (Å²) in [5.74, 6) is 0.470. The predicted octanol–water partition coefficient (Wildman–Crippen LogP) is 2.90. The van der Waals surface area contributed by atoms with E-state index in [1.807, 2.05) is 0 Å². The Morgan fingerprint density at radius 2 is 1.95 bits per heavy atom. The molecule has 1 aromatic rings. The third-order valence-electron chi connectivity index (χ3n) is 3.49. The highest BCUT2D eigenvalue weighted by molar-refractivity contribution is 5.69. The SMILES string of the molecule is CCC(C)c1ccc(CCNCCC(=O)OC)cc1. The second kappa shape index (κ2) is 8.70. The number of carbonyl (C=O) groups excluding carboxylic acids is 1. The first kappa shape index (κ1) is 15.7. The number of hydrogen-bond acceptors (Lipinski definition) is 3. The van der Waals surface area contributed by atoms with E-state index < -0.39 is 0 Å². The molecule has 0 amide bonds. The van der Waals surface area contributed by atoms with Crippen molar-refractivity contribution in [3.05, 3.63) is 35.4 Å². The summed E-state index contributed by atoms with van der Waals surface area (Å²) in [4.78, 5) is 10.9. The minimum Gasteiger partial charge on any atom is -0.469 e. The second-order valence-corrected chi connectivity index (χ2v) is 4.88. The lowest BCUT2D eigenvalue weighted by Crippen LogP contribution is -2.21. The number of nitrogens with one attached hydrogen (secondary N) is 1. The van der Waals surface area contributed by atoms with Gasteiger partial charge in [0, 0.05) is 6.54 Å². The smallest absolute Gasteiger partial charge is 0.306 e. The first-order valence-corrected chi connectivity index (χ1v) is 7.03. The van der Waals surface area contributed by atoms with Crippen LogP contribution in [0.3, 0.4) is 0 Å². The van der Waals surface area contributed by atoms with Crippen LogP contribution in [0.15, 0.2) is 24.3 Å². The van der Waals surface area contributed by atoms with Gasteiger partial charge in [0.25, 0.3) is 0 Å². The number of benzene rings is 1. The molecule has 0 saturated carbocycles. The molecule has 1 rings (SSSR count). The van der Waals surface area contributed by atoms with Crippen molar-refractivity contribution in [2.24, 2.45) is 0 Å². The summed E-state index contributed by atoms with van der Waals surface area (Å²) in [6, 6.07) is 8.84. The van der Waals surface area contributed by atoms with Gasteiger partial charge in [-0.15, -0.1) is 0 Å². The van der Waals surface area contributed by atoms with Crippen LogP contribution in [0.1, 0.15) is 43.7 Å². The van der Waals surface area contributed by atoms with Gasteiger partial charge in [-0.2, -0.15) is 0 Å². The van der Waals surface area contributed by atoms with E-state index in [0.717, 1.165) is 13.0 Å². The van der Waals surface area contributed by atoms with Crippen LogP contribution in [0.4, 0.5) is 0 Å². The van der Waals surface area contributed by atoms with Gasteiger partial charge in [-0.25, -0.2) is 0 Å². The van der Waals surface area contributed by atoms with E-state index in [4.69, 9.17) is 0 Å². The monoisotopic (exact) mass is 263 g/mol. The molecule has 3 nitrogen and oxygen atoms in total. The summed E-state index contributed by atoms with van der Waals surface area (Å²) >= 11 is 0. The maximum atomic E-state index is 10.9. The molecule has 19 heavy (non-hydrogen) atoms. The molecular weight excluding hydrogens is 238 g/mol. The van der Waals surface area contributed by atoms with Gasteiger partial charge in [-0.1, -0.05) is 38.1 Å². The highest BCUT2D eigenvalue weighted by atomic mass is 16.5. The van der Waals surface area contributed by atoms with Gasteiger partial charge >= 0.3 is 5.97 Å². The Kier molecular flexibility index (Phi) is 7.19. The van der Waals surface area contributed by atoms with Crippen molar-refractivity contribution in [1.29, 1.82) is 0 Å². The van der Waals surface area contributed by atoms with E-state index in [0.29, 0.717) is 18.9 Å². The molecule has 1 N–H and O–H groups in total. The molecular formula is C16H25NO2. The zero-order valence-electron chi connectivity index (χ0n) is 12.2. The Hall–Kier alpha value is -1.35. The fourth-order valence-electron chi connectivity index (χ4n) is 1.90. The summed E-state index contributed by atoms with van der Waals surface area (Å²) in [5.41, 5.74) is 2.74. The van der Waals surface area contributed by atoms with Crippen molar-refractivity contribution < 1.29 is 9.53 Å². The summed E-state index contributed by atoms with van der Waals surface area (Å²) < 4.78 is 4.58. The van der Waals surface area contributed by atoms with E-state index >= 15 is 0 Å². The van der Waals surface area contributed by atoms with Gasteiger partial charge in [0.15, 0.2) is 0 Å². The Labute approximate surface area is 116 Å². The molecule has 0 fully saturated rings. The van der Waals surface area contributed by atoms with E-state index in [2.05, 4.69) is 48.2 Å². The van der Waals surface area contributed by atoms with Crippen molar-refractivity contribution in [3.63, 3.8) is 0 Å². The molecule has 1 atom stereocenters. The summed E-state index contributed by atoms with van der Waals surface area (Å²) in [6.07, 6.45) is 2.60. The fraction of sp³-hybridized carbons (Fsp3) is 0.562. The number of rotatable bonds is 8. The van der Waals surface area contributed by atoms with Crippen molar-refractivity contribution in [1.82, 2.24) is 5.32 Å². The minimum atomic E-state index is -0.162. The van der Waals surface area contributed by atoms with Crippen LogP contribution in [0.25, 0.3) is 0 Å². The van der Waals surface area contributed by atoms with Crippen molar-refractivity contribution >= 4 is 5.97 Å². The molecule has 1 unspecified atom stereocenters. The molecule has 0 heterocycles. The molecule has 0 spiro atoms. The summed E-state index contributed by atoms with van der Waals surface area (Å²) in [5, 5.41) is 3.25. The highest BCUT2D eigenvalue weighted by Crippen LogP contribution is 2.18. The first-order chi connectivity index (χ1) is 9.17. The minimum absolute atomic E-state index is 0.162. The highest BCUT2D eigenvalue weighted by Gasteiger charge is 2.02. The lowest BCUT2D eigenvalue weighted by molar-refractivity contribution is -0.140. The maximum Gasteiger partial charge on any atom is 0.306 e. The molecule has 0 aliphatic heterocycles. The van der Waals surface area contributed by atoms with E-state index in [1.165, 1.54) is 24.7 Å². The number of hydrogen-bond donors (Lipinski definition) is 1. The van der Waals surface area contributed by atoms with Crippen molar-refractivity contribution in [2.75, 3.05) is 20.2 Å². The molecule has 0 radical (unpaired) electrons. The predicted molar refractivity (Wildman–Crippen MR) is 78.4 cm³/mol. The van der Waals surface area contributed by atoms with Gasteiger partial charge in [-0.05, 0) is 36.4 Å². The van der Waals surface area contributed by atoms with Gasteiger partial charge < -0.3 is 10.1 Å². The standard InChI is InChI=1S/C16H25NO2/c1-4-13(2)15-7-5-14(6-8-15)9-11-17-12-10-16(18)19-3/h5-8,13,17H,4,9-12H2,1-3H3. The number of carbonyl (C=O) groups is 1. The van der Waals surface area contributed by atoms with E-state index in [9.17, 15) is 4.79 Å². The van der Waals surface area contributed by atoms with Crippen LogP contribution in [0, 0.1) is 0 Å². The van der Waals surface area contributed by atoms with Gasteiger partial charge in [0.2, 0.25) is 0 Å². The molecule has 1 aromatic carbocycles. The van der Waals surface area contributed by atoms with Crippen molar-refractivity contribution in [3.8, 4) is 0 Å². The lowest BCUT2D eigenvalue weighted by Gasteiger charge is -2.10. The largest absolute Gasteiger partial charge is 0.469 e. The second-order valence-electron chi connectivity index (χ2n) is 4.88. The van der Waals surface area contributed by atoms with E-state index in [-0.39, 0.29) is 5.97 Å². The average Bonchev–Trinajstić information content (AvgIpc) is 2.46. The molecule has 0 aliphatic rings. The molecule has 0 aromatic heterocycles. The number of ether oxygens (including phenoxy) is 1. The van der Waals surface area contributed by atoms with Crippen LogP contribution >= 0.6 is 0 Å². The Morgan fingerprint density at radius 3 is 2.53 bits per heavy atom. The van der Waals surface area contributed by atoms with Gasteiger partial charge in [0.05, 0.1) is 13.5 Å². The van der Waals surface area contributed by atoms with E-state index in [1.54, 1.807) is 0 Å². The Morgan fingerprint density at radius 1 is 1.26 bits per heavy atom. The molecule has 3 heteroatoms. The summed E-state index contributed by atoms with van der Waals surface area (Å²) in [7, 11) is 1.42. The molecule has 0 aliphatic carbocycles. The van der Waals surface area contributed by atoms with Crippen LogP contribution in [-0.2, 0) is 16.0 Å². The third-order valence-corrected chi connectivity index (χ3v) is 3.49. The lowest BCUT2D eigenvalue weighted by atomic mass is 9.97. The zero-order chi connectivity index (χ0) is 14.1. The average molecular weight is 263 g/mol. The topological polar surface area (TPSA) is 38.3 Å². The van der Waals surface area contributed by atoms with Crippen LogP contribution in [-0.4, -0.2) is 26.2 Å². The van der Waals surface area contributed by atoms with Gasteiger partial charge in [-0.3, -0.25) is 4.79 Å². The van der Waals surface area contributed by atoms with Crippen LogP contribution in [0.2, 0.25) is 0 Å². The quantitative estimate of drug-likeness (QED) is 0.579. The van der Waals surface area contributed by atoms with Crippen LogP contribution in [0.5, 0.6) is 0 Å². The van der Waals surface area contributed by atoms with Crippen molar-refractivity contribution in [2.45, 2.75) is 39.0 Å². The normalized spacial score (nSPS) is 12.2. The number of esters is 1. The van der Waals surface area contributed by atoms with Gasteiger partial charge in [0.1, 0.15) is 0 Å². The molecule has 0 bridgehead atoms. The number of methoxy groups -OCH3 is 1. The summed E-state index contributed by atoms with van der Waals surface area (Å²) in [6.45, 7) is 6.03. The first-order valence-electron chi connectivity index (χ1n) is 7.03. The maximum absolute atomic E-state index is 10.9. The zero-order valence-corrected chi connectivity index (χ0v) is 12.2. The Bertz CT molecular complexity index is 373. The van der Waals surface area contributed by atoms with Crippen LogP contribution < -0.4 is 5.32 Å². The Balaban J connectivity index is 2.25.